The summed E-state index contributed by atoms with van der Waals surface area (Å²) in [6, 6.07) is 15.6. The number of hydrogen-bond donors (Lipinski definition) is 0. The third kappa shape index (κ3) is 3.94. The SMILES string of the molecule is CCN(Cc1ccco1)c1nc2cc(C(=O)OC)ccc2c(=O)n1-c1ccc(OC)cc1. The molecule has 32 heavy (non-hydrogen) atoms. The summed E-state index contributed by atoms with van der Waals surface area (Å²) in [5.74, 6) is 1.37. The molecule has 4 aromatic rings. The van der Waals surface area contributed by atoms with Gasteiger partial charge in [-0.3, -0.25) is 4.79 Å². The number of anilines is 1. The fraction of sp³-hybridized carbons (Fsp3) is 0.208. The highest BCUT2D eigenvalue weighted by molar-refractivity contribution is 5.94. The molecular formula is C24H23N3O5. The lowest BCUT2D eigenvalue weighted by molar-refractivity contribution is 0.0601. The summed E-state index contributed by atoms with van der Waals surface area (Å²) in [7, 11) is 2.90. The van der Waals surface area contributed by atoms with Gasteiger partial charge in [0.15, 0.2) is 0 Å². The molecule has 0 aliphatic heterocycles. The van der Waals surface area contributed by atoms with Crippen LogP contribution < -0.4 is 15.2 Å². The smallest absolute Gasteiger partial charge is 0.337 e. The highest BCUT2D eigenvalue weighted by Crippen LogP contribution is 2.23. The minimum atomic E-state index is -0.488. The largest absolute Gasteiger partial charge is 0.497 e. The first kappa shape index (κ1) is 21.2. The summed E-state index contributed by atoms with van der Waals surface area (Å²) in [5.41, 5.74) is 1.14. The second-order valence-corrected chi connectivity index (χ2v) is 7.07. The summed E-state index contributed by atoms with van der Waals surface area (Å²) in [6.45, 7) is 2.97. The number of nitrogens with zero attached hydrogens (tertiary/aromatic N) is 3. The zero-order valence-electron chi connectivity index (χ0n) is 18.1. The Bertz CT molecular complexity index is 1290. The summed E-state index contributed by atoms with van der Waals surface area (Å²) in [4.78, 5) is 32.3. The summed E-state index contributed by atoms with van der Waals surface area (Å²) >= 11 is 0. The van der Waals surface area contributed by atoms with Crippen LogP contribution in [0, 0.1) is 0 Å². The number of aromatic nitrogens is 2. The van der Waals surface area contributed by atoms with Gasteiger partial charge < -0.3 is 18.8 Å². The molecule has 0 saturated heterocycles. The monoisotopic (exact) mass is 433 g/mol. The Labute approximate surface area is 184 Å². The van der Waals surface area contributed by atoms with Crippen molar-refractivity contribution in [1.82, 2.24) is 9.55 Å². The number of benzene rings is 2. The standard InChI is InChI=1S/C24H23N3O5/c1-4-26(15-19-6-5-13-32-19)24-25-21-14-16(23(29)31-3)7-12-20(21)22(28)27(24)17-8-10-18(30-2)11-9-17/h5-14H,4,15H2,1-3H3. The first-order valence-corrected chi connectivity index (χ1v) is 10.1. The molecule has 0 atom stereocenters. The third-order valence-electron chi connectivity index (χ3n) is 5.19. The lowest BCUT2D eigenvalue weighted by Crippen LogP contribution is -2.32. The van der Waals surface area contributed by atoms with E-state index in [4.69, 9.17) is 18.9 Å². The van der Waals surface area contributed by atoms with Crippen molar-refractivity contribution in [2.45, 2.75) is 13.5 Å². The predicted molar refractivity (Wildman–Crippen MR) is 121 cm³/mol. The zero-order chi connectivity index (χ0) is 22.7. The Morgan fingerprint density at radius 1 is 1.12 bits per heavy atom. The molecule has 0 N–H and O–H groups in total. The van der Waals surface area contributed by atoms with Gasteiger partial charge in [0.1, 0.15) is 11.5 Å². The van der Waals surface area contributed by atoms with Crippen LogP contribution in [0.25, 0.3) is 16.6 Å². The van der Waals surface area contributed by atoms with Crippen molar-refractivity contribution in [3.8, 4) is 11.4 Å². The molecule has 8 heteroatoms. The van der Waals surface area contributed by atoms with Crippen LogP contribution in [0.1, 0.15) is 23.0 Å². The highest BCUT2D eigenvalue weighted by atomic mass is 16.5. The van der Waals surface area contributed by atoms with Crippen LogP contribution >= 0.6 is 0 Å². The van der Waals surface area contributed by atoms with Gasteiger partial charge >= 0.3 is 5.97 Å². The minimum Gasteiger partial charge on any atom is -0.497 e. The summed E-state index contributed by atoms with van der Waals surface area (Å²) < 4.78 is 17.1. The van der Waals surface area contributed by atoms with Gasteiger partial charge in [-0.1, -0.05) is 0 Å². The fourth-order valence-corrected chi connectivity index (χ4v) is 3.51. The average Bonchev–Trinajstić information content (AvgIpc) is 3.35. The van der Waals surface area contributed by atoms with Gasteiger partial charge in [0.05, 0.1) is 49.2 Å². The first-order chi connectivity index (χ1) is 15.5. The van der Waals surface area contributed by atoms with Crippen molar-refractivity contribution in [2.75, 3.05) is 25.7 Å². The molecule has 0 spiro atoms. The Kier molecular flexibility index (Phi) is 5.93. The van der Waals surface area contributed by atoms with Crippen LogP contribution in [0.4, 0.5) is 5.95 Å². The number of methoxy groups -OCH3 is 2. The molecule has 164 valence electrons. The molecule has 0 radical (unpaired) electrons. The van der Waals surface area contributed by atoms with Crippen LogP contribution in [-0.2, 0) is 11.3 Å². The van der Waals surface area contributed by atoms with E-state index in [-0.39, 0.29) is 5.56 Å². The van der Waals surface area contributed by atoms with E-state index in [9.17, 15) is 9.59 Å². The Morgan fingerprint density at radius 2 is 1.91 bits per heavy atom. The van der Waals surface area contributed by atoms with Crippen LogP contribution in [0.5, 0.6) is 5.75 Å². The number of carbonyl (C=O) groups is 1. The van der Waals surface area contributed by atoms with Crippen molar-refractivity contribution in [2.24, 2.45) is 0 Å². The van der Waals surface area contributed by atoms with Crippen molar-refractivity contribution in [3.63, 3.8) is 0 Å². The topological polar surface area (TPSA) is 86.8 Å². The molecule has 0 saturated carbocycles. The maximum Gasteiger partial charge on any atom is 0.337 e. The number of fused-ring (bicyclic) bond motifs is 1. The molecule has 2 aromatic heterocycles. The van der Waals surface area contributed by atoms with Gasteiger partial charge in [0.2, 0.25) is 5.95 Å². The van der Waals surface area contributed by atoms with Gasteiger partial charge in [0, 0.05) is 6.54 Å². The van der Waals surface area contributed by atoms with E-state index < -0.39 is 5.97 Å². The lowest BCUT2D eigenvalue weighted by atomic mass is 10.1. The van der Waals surface area contributed by atoms with Gasteiger partial charge in [-0.05, 0) is 61.5 Å². The van der Waals surface area contributed by atoms with Gasteiger partial charge in [0.25, 0.3) is 5.56 Å². The van der Waals surface area contributed by atoms with Crippen molar-refractivity contribution in [3.05, 3.63) is 82.5 Å². The second kappa shape index (κ2) is 8.97. The normalized spacial score (nSPS) is 10.8. The maximum atomic E-state index is 13.6. The molecule has 8 nitrogen and oxygen atoms in total. The van der Waals surface area contributed by atoms with Crippen LogP contribution in [0.15, 0.2) is 70.1 Å². The molecule has 0 unspecified atom stereocenters. The van der Waals surface area contributed by atoms with Crippen LogP contribution in [-0.4, -0.2) is 36.3 Å². The number of furan rings is 1. The third-order valence-corrected chi connectivity index (χ3v) is 5.19. The van der Waals surface area contributed by atoms with E-state index in [0.717, 1.165) is 5.76 Å². The predicted octanol–water partition coefficient (Wildman–Crippen LogP) is 3.80. The minimum absolute atomic E-state index is 0.246. The van der Waals surface area contributed by atoms with E-state index in [2.05, 4.69) is 0 Å². The summed E-state index contributed by atoms with van der Waals surface area (Å²) in [5, 5.41) is 0.395. The number of hydrogen-bond acceptors (Lipinski definition) is 7. The summed E-state index contributed by atoms with van der Waals surface area (Å²) in [6.07, 6.45) is 1.61. The molecule has 4 rings (SSSR count). The number of carbonyl (C=O) groups excluding carboxylic acids is 1. The van der Waals surface area contributed by atoms with E-state index in [1.54, 1.807) is 60.4 Å². The average molecular weight is 433 g/mol. The van der Waals surface area contributed by atoms with E-state index in [1.165, 1.54) is 7.11 Å². The number of ether oxygens (including phenoxy) is 2. The Balaban J connectivity index is 1.95. The van der Waals surface area contributed by atoms with Gasteiger partial charge in [-0.2, -0.15) is 0 Å². The number of esters is 1. The van der Waals surface area contributed by atoms with Crippen molar-refractivity contribution >= 4 is 22.8 Å². The quantitative estimate of drug-likeness (QED) is 0.410. The van der Waals surface area contributed by atoms with E-state index in [1.807, 2.05) is 24.0 Å². The molecule has 2 heterocycles. The van der Waals surface area contributed by atoms with Crippen molar-refractivity contribution < 1.29 is 18.7 Å². The maximum absolute atomic E-state index is 13.6. The molecule has 0 amide bonds. The van der Waals surface area contributed by atoms with Crippen molar-refractivity contribution in [1.29, 1.82) is 0 Å². The molecular weight excluding hydrogens is 410 g/mol. The van der Waals surface area contributed by atoms with E-state index in [0.29, 0.717) is 46.9 Å². The molecule has 0 bridgehead atoms. The lowest BCUT2D eigenvalue weighted by Gasteiger charge is -2.25. The zero-order valence-corrected chi connectivity index (χ0v) is 18.1. The second-order valence-electron chi connectivity index (χ2n) is 7.07. The Morgan fingerprint density at radius 3 is 2.53 bits per heavy atom. The van der Waals surface area contributed by atoms with Gasteiger partial charge in [-0.15, -0.1) is 0 Å². The fourth-order valence-electron chi connectivity index (χ4n) is 3.51. The van der Waals surface area contributed by atoms with Crippen LogP contribution in [0.3, 0.4) is 0 Å². The highest BCUT2D eigenvalue weighted by Gasteiger charge is 2.20. The van der Waals surface area contributed by atoms with E-state index >= 15 is 0 Å². The molecule has 0 fully saturated rings. The first-order valence-electron chi connectivity index (χ1n) is 10.1. The Hall–Kier alpha value is -4.07. The molecule has 0 aliphatic carbocycles. The molecule has 0 aliphatic rings. The molecule has 2 aromatic carbocycles. The number of rotatable bonds is 7. The van der Waals surface area contributed by atoms with Crippen LogP contribution in [0.2, 0.25) is 0 Å². The van der Waals surface area contributed by atoms with Gasteiger partial charge in [-0.25, -0.2) is 14.3 Å².